The molecule has 0 saturated heterocycles. The average Bonchev–Trinajstić information content (AvgIpc) is 2.94. The van der Waals surface area contributed by atoms with Gasteiger partial charge in [-0.25, -0.2) is 0 Å². The Morgan fingerprint density at radius 1 is 1.37 bits per heavy atom. The third kappa shape index (κ3) is 5.07. The highest BCUT2D eigenvalue weighted by Gasteiger charge is 2.20. The molecular weight excluding hydrogens is 240 g/mol. The van der Waals surface area contributed by atoms with E-state index in [1.54, 1.807) is 6.26 Å². The number of nitrogens with zero attached hydrogens (tertiary/aromatic N) is 1. The first kappa shape index (κ1) is 15.8. The van der Waals surface area contributed by atoms with Crippen LogP contribution in [0.5, 0.6) is 0 Å². The summed E-state index contributed by atoms with van der Waals surface area (Å²) in [6, 6.07) is 3.99. The van der Waals surface area contributed by atoms with E-state index in [1.807, 2.05) is 12.1 Å². The van der Waals surface area contributed by atoms with Crippen LogP contribution in [0, 0.1) is 0 Å². The smallest absolute Gasteiger partial charge is 0.220 e. The number of rotatable bonds is 9. The topological polar surface area (TPSA) is 45.5 Å². The van der Waals surface area contributed by atoms with Crippen LogP contribution in [0.2, 0.25) is 0 Å². The zero-order valence-corrected chi connectivity index (χ0v) is 12.3. The van der Waals surface area contributed by atoms with E-state index in [0.29, 0.717) is 13.0 Å². The quantitative estimate of drug-likeness (QED) is 0.747. The first-order valence-corrected chi connectivity index (χ1v) is 7.27. The van der Waals surface area contributed by atoms with Crippen LogP contribution in [0.25, 0.3) is 0 Å². The molecule has 1 rings (SSSR count). The van der Waals surface area contributed by atoms with E-state index in [9.17, 15) is 4.79 Å². The normalized spacial score (nSPS) is 12.6. The molecule has 1 aromatic rings. The van der Waals surface area contributed by atoms with Crippen molar-refractivity contribution in [1.82, 2.24) is 10.2 Å². The summed E-state index contributed by atoms with van der Waals surface area (Å²) in [7, 11) is 0. The van der Waals surface area contributed by atoms with Gasteiger partial charge in [0.15, 0.2) is 0 Å². The third-order valence-electron chi connectivity index (χ3n) is 3.37. The molecule has 0 spiro atoms. The second kappa shape index (κ2) is 8.75. The minimum Gasteiger partial charge on any atom is -0.468 e. The summed E-state index contributed by atoms with van der Waals surface area (Å²) < 4.78 is 5.50. The molecule has 0 aliphatic carbocycles. The molecule has 1 N–H and O–H groups in total. The first-order chi connectivity index (χ1) is 9.22. The van der Waals surface area contributed by atoms with E-state index in [1.165, 1.54) is 0 Å². The van der Waals surface area contributed by atoms with Crippen molar-refractivity contribution in [1.29, 1.82) is 0 Å². The minimum atomic E-state index is 0.121. The predicted molar refractivity (Wildman–Crippen MR) is 76.9 cm³/mol. The van der Waals surface area contributed by atoms with Gasteiger partial charge in [0.25, 0.3) is 0 Å². The number of unbranched alkanes of at least 4 members (excludes halogenated alkanes) is 1. The lowest BCUT2D eigenvalue weighted by atomic mass is 10.1. The summed E-state index contributed by atoms with van der Waals surface area (Å²) >= 11 is 0. The third-order valence-corrected chi connectivity index (χ3v) is 3.37. The monoisotopic (exact) mass is 266 g/mol. The van der Waals surface area contributed by atoms with Crippen LogP contribution >= 0.6 is 0 Å². The van der Waals surface area contributed by atoms with Gasteiger partial charge in [-0.3, -0.25) is 9.69 Å². The molecule has 1 unspecified atom stereocenters. The Hall–Kier alpha value is -1.29. The van der Waals surface area contributed by atoms with E-state index in [4.69, 9.17) is 4.42 Å². The van der Waals surface area contributed by atoms with E-state index in [0.717, 1.165) is 31.7 Å². The predicted octanol–water partition coefficient (Wildman–Crippen LogP) is 2.97. The van der Waals surface area contributed by atoms with Crippen LogP contribution in [0.1, 0.15) is 51.8 Å². The summed E-state index contributed by atoms with van der Waals surface area (Å²) in [5.74, 6) is 1.05. The largest absolute Gasteiger partial charge is 0.468 e. The molecule has 1 aromatic heterocycles. The number of furan rings is 1. The van der Waals surface area contributed by atoms with E-state index < -0.39 is 0 Å². The molecule has 0 aliphatic heterocycles. The maximum Gasteiger partial charge on any atom is 0.220 e. The van der Waals surface area contributed by atoms with Gasteiger partial charge >= 0.3 is 0 Å². The highest BCUT2D eigenvalue weighted by molar-refractivity contribution is 5.75. The molecule has 0 bridgehead atoms. The number of nitrogens with one attached hydrogen (secondary N) is 1. The maximum absolute atomic E-state index is 11.7. The van der Waals surface area contributed by atoms with Crippen LogP contribution < -0.4 is 5.32 Å². The number of amides is 1. The number of hydrogen-bond acceptors (Lipinski definition) is 3. The van der Waals surface area contributed by atoms with Crippen molar-refractivity contribution in [3.8, 4) is 0 Å². The molecule has 1 atom stereocenters. The van der Waals surface area contributed by atoms with Gasteiger partial charge < -0.3 is 9.73 Å². The second-order valence-electron chi connectivity index (χ2n) is 4.66. The fourth-order valence-electron chi connectivity index (χ4n) is 2.19. The lowest BCUT2D eigenvalue weighted by Crippen LogP contribution is -2.37. The highest BCUT2D eigenvalue weighted by Crippen LogP contribution is 2.20. The molecule has 0 aromatic carbocycles. The molecule has 1 amide bonds. The SMILES string of the molecule is CCCCC(=O)NCC(c1ccco1)N(CC)CC. The highest BCUT2D eigenvalue weighted by atomic mass is 16.3. The lowest BCUT2D eigenvalue weighted by Gasteiger charge is -2.28. The average molecular weight is 266 g/mol. The van der Waals surface area contributed by atoms with Gasteiger partial charge in [0.1, 0.15) is 5.76 Å². The molecule has 0 aliphatic rings. The number of likely N-dealkylation sites (N-methyl/N-ethyl adjacent to an activating group) is 1. The summed E-state index contributed by atoms with van der Waals surface area (Å²) in [5, 5.41) is 3.01. The molecular formula is C15H26N2O2. The van der Waals surface area contributed by atoms with Crippen LogP contribution in [-0.4, -0.2) is 30.4 Å². The summed E-state index contributed by atoms with van der Waals surface area (Å²) in [6.07, 6.45) is 4.29. The lowest BCUT2D eigenvalue weighted by molar-refractivity contribution is -0.121. The Morgan fingerprint density at radius 3 is 2.63 bits per heavy atom. The van der Waals surface area contributed by atoms with Crippen molar-refractivity contribution in [3.63, 3.8) is 0 Å². The molecule has 0 radical (unpaired) electrons. The molecule has 4 heteroatoms. The van der Waals surface area contributed by atoms with Gasteiger partial charge in [0, 0.05) is 13.0 Å². The van der Waals surface area contributed by atoms with Gasteiger partial charge in [-0.1, -0.05) is 27.2 Å². The summed E-state index contributed by atoms with van der Waals surface area (Å²) in [4.78, 5) is 14.0. The zero-order chi connectivity index (χ0) is 14.1. The minimum absolute atomic E-state index is 0.121. The van der Waals surface area contributed by atoms with E-state index >= 15 is 0 Å². The van der Waals surface area contributed by atoms with Gasteiger partial charge in [-0.15, -0.1) is 0 Å². The van der Waals surface area contributed by atoms with Crippen LogP contribution in [0.3, 0.4) is 0 Å². The van der Waals surface area contributed by atoms with Crippen molar-refractivity contribution >= 4 is 5.91 Å². The molecule has 19 heavy (non-hydrogen) atoms. The fraction of sp³-hybridized carbons (Fsp3) is 0.667. The van der Waals surface area contributed by atoms with E-state index in [2.05, 4.69) is 31.0 Å². The van der Waals surface area contributed by atoms with Crippen molar-refractivity contribution in [2.45, 2.75) is 46.1 Å². The fourth-order valence-corrected chi connectivity index (χ4v) is 2.19. The van der Waals surface area contributed by atoms with Crippen molar-refractivity contribution < 1.29 is 9.21 Å². The van der Waals surface area contributed by atoms with Gasteiger partial charge in [-0.2, -0.15) is 0 Å². The standard InChI is InChI=1S/C15H26N2O2/c1-4-7-10-15(18)16-12-13(17(5-2)6-3)14-9-8-11-19-14/h8-9,11,13H,4-7,10,12H2,1-3H3,(H,16,18). The maximum atomic E-state index is 11.7. The van der Waals surface area contributed by atoms with Gasteiger partial charge in [-0.05, 0) is 31.6 Å². The van der Waals surface area contributed by atoms with E-state index in [-0.39, 0.29) is 11.9 Å². The van der Waals surface area contributed by atoms with Crippen LogP contribution in [0.4, 0.5) is 0 Å². The molecule has 108 valence electrons. The number of hydrogen-bond donors (Lipinski definition) is 1. The first-order valence-electron chi connectivity index (χ1n) is 7.27. The Labute approximate surface area is 116 Å². The molecule has 4 nitrogen and oxygen atoms in total. The van der Waals surface area contributed by atoms with Crippen molar-refractivity contribution in [2.24, 2.45) is 0 Å². The molecule has 1 heterocycles. The van der Waals surface area contributed by atoms with Crippen LogP contribution in [-0.2, 0) is 4.79 Å². The number of carbonyl (C=O) groups is 1. The second-order valence-corrected chi connectivity index (χ2v) is 4.66. The Balaban J connectivity index is 2.57. The van der Waals surface area contributed by atoms with Crippen molar-refractivity contribution in [3.05, 3.63) is 24.2 Å². The number of carbonyl (C=O) groups excluding carboxylic acids is 1. The Bertz CT molecular complexity index is 345. The van der Waals surface area contributed by atoms with Gasteiger partial charge in [0.05, 0.1) is 12.3 Å². The zero-order valence-electron chi connectivity index (χ0n) is 12.3. The van der Waals surface area contributed by atoms with Crippen LogP contribution in [0.15, 0.2) is 22.8 Å². The summed E-state index contributed by atoms with van der Waals surface area (Å²) in [5.41, 5.74) is 0. The van der Waals surface area contributed by atoms with Gasteiger partial charge in [0.2, 0.25) is 5.91 Å². The van der Waals surface area contributed by atoms with Crippen molar-refractivity contribution in [2.75, 3.05) is 19.6 Å². The Morgan fingerprint density at radius 2 is 2.11 bits per heavy atom. The molecule has 0 saturated carbocycles. The summed E-state index contributed by atoms with van der Waals surface area (Å²) in [6.45, 7) is 8.82. The Kier molecular flexibility index (Phi) is 7.26. The molecule has 0 fully saturated rings.